The highest BCUT2D eigenvalue weighted by Gasteiger charge is 2.18. The van der Waals surface area contributed by atoms with Crippen molar-refractivity contribution in [1.29, 1.82) is 0 Å². The molecule has 1 aromatic heterocycles. The zero-order valence-electron chi connectivity index (χ0n) is 17.5. The first-order valence-corrected chi connectivity index (χ1v) is 12.2. The number of aromatic nitrogens is 2. The number of nitrogens with zero attached hydrogens (tertiary/aromatic N) is 2. The second-order valence-electron chi connectivity index (χ2n) is 7.52. The topological polar surface area (TPSA) is 8.81 Å². The Morgan fingerprint density at radius 3 is 2.22 bits per heavy atom. The molecule has 0 saturated heterocycles. The molecule has 1 aromatic carbocycles. The molecule has 2 rings (SSSR count). The van der Waals surface area contributed by atoms with E-state index in [2.05, 4.69) is 77.5 Å². The van der Waals surface area contributed by atoms with Crippen molar-refractivity contribution in [3.05, 3.63) is 42.7 Å². The smallest absolute Gasteiger partial charge is 0.230 e. The van der Waals surface area contributed by atoms with Crippen molar-refractivity contribution in [1.82, 2.24) is 4.57 Å². The van der Waals surface area contributed by atoms with Crippen LogP contribution in [0.2, 0.25) is 0 Å². The number of hydrogen-bond acceptors (Lipinski definition) is 1. The van der Waals surface area contributed by atoms with E-state index in [1.165, 1.54) is 81.3 Å². The number of thioether (sulfide) groups is 1. The molecule has 150 valence electrons. The van der Waals surface area contributed by atoms with Crippen LogP contribution in [0, 0.1) is 0 Å². The van der Waals surface area contributed by atoms with Crippen LogP contribution in [0.3, 0.4) is 0 Å². The summed E-state index contributed by atoms with van der Waals surface area (Å²) < 4.78 is 4.90. The Morgan fingerprint density at radius 1 is 0.815 bits per heavy atom. The van der Waals surface area contributed by atoms with Gasteiger partial charge in [0.1, 0.15) is 18.3 Å². The van der Waals surface area contributed by atoms with Crippen molar-refractivity contribution in [2.45, 2.75) is 90.5 Å². The number of hydrogen-bond donors (Lipinski definition) is 0. The lowest BCUT2D eigenvalue weighted by Gasteiger charge is -2.06. The van der Waals surface area contributed by atoms with Gasteiger partial charge < -0.3 is 0 Å². The van der Waals surface area contributed by atoms with Gasteiger partial charge in [-0.1, -0.05) is 77.0 Å². The minimum absolute atomic E-state index is 1.06. The molecule has 0 fully saturated rings. The van der Waals surface area contributed by atoms with Gasteiger partial charge in [-0.3, -0.25) is 0 Å². The highest BCUT2D eigenvalue weighted by molar-refractivity contribution is 7.98. The fourth-order valence-electron chi connectivity index (χ4n) is 3.53. The van der Waals surface area contributed by atoms with Gasteiger partial charge in [0, 0.05) is 0 Å². The zero-order valence-corrected chi connectivity index (χ0v) is 18.4. The third-order valence-corrected chi connectivity index (χ3v) is 6.17. The summed E-state index contributed by atoms with van der Waals surface area (Å²) in [6.07, 6.45) is 18.1. The normalized spacial score (nSPS) is 11.2. The van der Waals surface area contributed by atoms with E-state index in [0.717, 1.165) is 12.4 Å². The van der Waals surface area contributed by atoms with Crippen LogP contribution in [-0.4, -0.2) is 10.3 Å². The van der Waals surface area contributed by atoms with E-state index in [0.29, 0.717) is 0 Å². The van der Waals surface area contributed by atoms with Crippen molar-refractivity contribution < 1.29 is 4.57 Å². The number of benzene rings is 1. The fourth-order valence-corrected chi connectivity index (χ4v) is 4.47. The highest BCUT2D eigenvalue weighted by atomic mass is 32.2. The molecule has 0 aliphatic carbocycles. The number of unbranched alkanes of at least 4 members (excludes halogenated alkanes) is 8. The van der Waals surface area contributed by atoms with Crippen LogP contribution in [0.15, 0.2) is 42.7 Å². The molecular weight excluding hydrogens is 348 g/mol. The first-order chi connectivity index (χ1) is 13.4. The van der Waals surface area contributed by atoms with Crippen molar-refractivity contribution in [2.75, 3.05) is 5.75 Å². The van der Waals surface area contributed by atoms with E-state index in [1.807, 2.05) is 0 Å². The van der Waals surface area contributed by atoms with Crippen LogP contribution in [0.4, 0.5) is 0 Å². The third kappa shape index (κ3) is 8.13. The van der Waals surface area contributed by atoms with Crippen LogP contribution < -0.4 is 4.57 Å². The Hall–Kier alpha value is -1.22. The van der Waals surface area contributed by atoms with Gasteiger partial charge in [0.25, 0.3) is 5.82 Å². The number of aryl methyl sites for hydroxylation is 1. The van der Waals surface area contributed by atoms with Crippen molar-refractivity contribution >= 4 is 11.8 Å². The molecule has 0 saturated carbocycles. The zero-order chi connectivity index (χ0) is 19.2. The third-order valence-electron chi connectivity index (χ3n) is 5.13. The second-order valence-corrected chi connectivity index (χ2v) is 8.59. The highest BCUT2D eigenvalue weighted by Crippen LogP contribution is 2.18. The summed E-state index contributed by atoms with van der Waals surface area (Å²) in [5, 5.41) is 0. The summed E-state index contributed by atoms with van der Waals surface area (Å²) in [5.41, 5.74) is 1.33. The predicted molar refractivity (Wildman–Crippen MR) is 120 cm³/mol. The summed E-state index contributed by atoms with van der Waals surface area (Å²) in [6, 6.07) is 10.9. The Balaban J connectivity index is 1.88. The average Bonchev–Trinajstić information content (AvgIpc) is 3.10. The van der Waals surface area contributed by atoms with Gasteiger partial charge in [-0.25, -0.2) is 9.13 Å². The van der Waals surface area contributed by atoms with Gasteiger partial charge in [-0.05, 0) is 37.1 Å². The van der Waals surface area contributed by atoms with E-state index in [9.17, 15) is 0 Å². The van der Waals surface area contributed by atoms with E-state index in [-0.39, 0.29) is 0 Å². The maximum Gasteiger partial charge on any atom is 0.289 e. The van der Waals surface area contributed by atoms with Crippen LogP contribution in [0.1, 0.15) is 78.1 Å². The maximum atomic E-state index is 2.45. The van der Waals surface area contributed by atoms with E-state index in [1.54, 1.807) is 0 Å². The summed E-state index contributed by atoms with van der Waals surface area (Å²) in [7, 11) is 0. The molecule has 0 radical (unpaired) electrons. The van der Waals surface area contributed by atoms with Gasteiger partial charge in [-0.15, -0.1) is 11.8 Å². The van der Waals surface area contributed by atoms with Gasteiger partial charge >= 0.3 is 0 Å². The van der Waals surface area contributed by atoms with Gasteiger partial charge in [0.2, 0.25) is 0 Å². The van der Waals surface area contributed by atoms with Gasteiger partial charge in [-0.2, -0.15) is 0 Å². The molecule has 0 amide bonds. The summed E-state index contributed by atoms with van der Waals surface area (Å²) in [5.74, 6) is 3.69. The molecule has 0 unspecified atom stereocenters. The Labute approximate surface area is 171 Å². The van der Waals surface area contributed by atoms with Crippen molar-refractivity contribution in [2.24, 2.45) is 0 Å². The molecule has 0 aliphatic heterocycles. The Bertz CT molecular complexity index is 606. The summed E-state index contributed by atoms with van der Waals surface area (Å²) >= 11 is 2.07. The largest absolute Gasteiger partial charge is 0.289 e. The van der Waals surface area contributed by atoms with Gasteiger partial charge in [0.15, 0.2) is 0 Å². The molecule has 0 aliphatic rings. The fraction of sp³-hybridized carbons (Fsp3) is 0.625. The van der Waals surface area contributed by atoms with Crippen molar-refractivity contribution in [3.8, 4) is 11.4 Å². The van der Waals surface area contributed by atoms with E-state index < -0.39 is 0 Å². The van der Waals surface area contributed by atoms with Crippen LogP contribution in [0.5, 0.6) is 0 Å². The lowest BCUT2D eigenvalue weighted by atomic mass is 10.1. The summed E-state index contributed by atoms with van der Waals surface area (Å²) in [4.78, 5) is 0. The van der Waals surface area contributed by atoms with Gasteiger partial charge in [0.05, 0.1) is 12.1 Å². The molecule has 0 bridgehead atoms. The number of rotatable bonds is 15. The molecule has 0 atom stereocenters. The first-order valence-electron chi connectivity index (χ1n) is 11.1. The first kappa shape index (κ1) is 22.1. The van der Waals surface area contributed by atoms with Crippen LogP contribution in [0.25, 0.3) is 11.4 Å². The van der Waals surface area contributed by atoms with E-state index in [4.69, 9.17) is 0 Å². The minimum atomic E-state index is 1.06. The van der Waals surface area contributed by atoms with E-state index >= 15 is 0 Å². The average molecular weight is 388 g/mol. The lowest BCUT2D eigenvalue weighted by molar-refractivity contribution is -0.664. The Kier molecular flexibility index (Phi) is 11.3. The standard InChI is InChI=1S/C24H39N2S/c1-3-5-7-9-10-15-21-27-22-26-20-19-25(18-14-8-6-4-2)24(26)23-16-12-11-13-17-23/h11-13,16-17,19-20H,3-10,14-15,18,21-22H2,1-2H3/q+1. The molecule has 0 spiro atoms. The Morgan fingerprint density at radius 2 is 1.48 bits per heavy atom. The molecule has 0 N–H and O–H groups in total. The molecule has 27 heavy (non-hydrogen) atoms. The molecule has 2 nitrogen and oxygen atoms in total. The van der Waals surface area contributed by atoms with Crippen LogP contribution in [-0.2, 0) is 12.4 Å². The van der Waals surface area contributed by atoms with Crippen molar-refractivity contribution in [3.63, 3.8) is 0 Å². The predicted octanol–water partition coefficient (Wildman–Crippen LogP) is 7.07. The molecule has 3 heteroatoms. The quantitative estimate of drug-likeness (QED) is 0.234. The molecule has 2 aromatic rings. The molecule has 1 heterocycles. The maximum absolute atomic E-state index is 2.45. The SMILES string of the molecule is CCCCCCCCSC[n+]1ccn(CCCCCC)c1-c1ccccc1. The monoisotopic (exact) mass is 387 g/mol. The molecular formula is C24H39N2S+. The lowest BCUT2D eigenvalue weighted by Crippen LogP contribution is -2.33. The summed E-state index contributed by atoms with van der Waals surface area (Å²) in [6.45, 7) is 5.69. The minimum Gasteiger partial charge on any atom is -0.230 e. The van der Waals surface area contributed by atoms with Crippen LogP contribution >= 0.6 is 11.8 Å². The number of imidazole rings is 1. The second kappa shape index (κ2) is 13.9.